The highest BCUT2D eigenvalue weighted by Gasteiger charge is 2.26. The Balaban J connectivity index is 1.76. The molecule has 5 aromatic rings. The summed E-state index contributed by atoms with van der Waals surface area (Å²) in [4.78, 5) is 0. The Bertz CT molecular complexity index is 1540. The molecule has 0 aliphatic rings. The SMILES string of the molecule is Cc1cc(C)n(-c2c(C(C)C)cc(-c3ccccc3)cc2C(C)C)c1-c1ccc(-c2ccccc2)c[n+]1C. The molecule has 2 heteroatoms. The Hall–Kier alpha value is -3.91. The Morgan fingerprint density at radius 3 is 1.63 bits per heavy atom. The summed E-state index contributed by atoms with van der Waals surface area (Å²) in [6.07, 6.45) is 2.25. The molecule has 0 fully saturated rings. The zero-order valence-corrected chi connectivity index (χ0v) is 23.8. The van der Waals surface area contributed by atoms with Crippen molar-refractivity contribution in [1.29, 1.82) is 0 Å². The molecular formula is C36H39N2+. The fraction of sp³-hybridized carbons (Fsp3) is 0.250. The van der Waals surface area contributed by atoms with Crippen LogP contribution in [0.3, 0.4) is 0 Å². The maximum atomic E-state index is 2.52. The van der Waals surface area contributed by atoms with E-state index in [4.69, 9.17) is 0 Å². The van der Waals surface area contributed by atoms with E-state index in [9.17, 15) is 0 Å². The van der Waals surface area contributed by atoms with E-state index < -0.39 is 0 Å². The molecule has 0 N–H and O–H groups in total. The summed E-state index contributed by atoms with van der Waals surface area (Å²) < 4.78 is 4.80. The maximum absolute atomic E-state index is 2.52. The van der Waals surface area contributed by atoms with Crippen molar-refractivity contribution in [1.82, 2.24) is 4.57 Å². The first-order valence-electron chi connectivity index (χ1n) is 13.7. The lowest BCUT2D eigenvalue weighted by atomic mass is 9.88. The first-order valence-corrected chi connectivity index (χ1v) is 13.7. The van der Waals surface area contributed by atoms with Gasteiger partial charge in [0.1, 0.15) is 12.7 Å². The van der Waals surface area contributed by atoms with E-state index in [0.717, 1.165) is 0 Å². The van der Waals surface area contributed by atoms with Crippen molar-refractivity contribution in [2.45, 2.75) is 53.4 Å². The van der Waals surface area contributed by atoms with Crippen molar-refractivity contribution < 1.29 is 4.57 Å². The van der Waals surface area contributed by atoms with Crippen LogP contribution < -0.4 is 4.57 Å². The van der Waals surface area contributed by atoms with Gasteiger partial charge in [-0.15, -0.1) is 0 Å². The molecule has 3 aromatic carbocycles. The van der Waals surface area contributed by atoms with Crippen LogP contribution in [-0.4, -0.2) is 4.57 Å². The van der Waals surface area contributed by atoms with Gasteiger partial charge in [-0.1, -0.05) is 88.4 Å². The van der Waals surface area contributed by atoms with Gasteiger partial charge in [-0.25, -0.2) is 0 Å². The van der Waals surface area contributed by atoms with Crippen molar-refractivity contribution in [3.05, 3.63) is 120 Å². The van der Waals surface area contributed by atoms with E-state index in [2.05, 4.69) is 155 Å². The Morgan fingerprint density at radius 2 is 1.13 bits per heavy atom. The second kappa shape index (κ2) is 10.5. The van der Waals surface area contributed by atoms with Gasteiger partial charge in [-0.3, -0.25) is 0 Å². The summed E-state index contributed by atoms with van der Waals surface area (Å²) in [5.41, 5.74) is 14.2. The monoisotopic (exact) mass is 499 g/mol. The average molecular weight is 500 g/mol. The number of aryl methyl sites for hydroxylation is 3. The van der Waals surface area contributed by atoms with Crippen LogP contribution in [0.4, 0.5) is 0 Å². The molecule has 0 aliphatic heterocycles. The topological polar surface area (TPSA) is 8.81 Å². The molecule has 2 nitrogen and oxygen atoms in total. The molecule has 38 heavy (non-hydrogen) atoms. The second-order valence-electron chi connectivity index (χ2n) is 11.1. The first kappa shape index (κ1) is 25.7. The molecule has 2 aromatic heterocycles. The van der Waals surface area contributed by atoms with Crippen molar-refractivity contribution in [3.63, 3.8) is 0 Å². The van der Waals surface area contributed by atoms with Gasteiger partial charge in [-0.05, 0) is 83.3 Å². The van der Waals surface area contributed by atoms with Gasteiger partial charge >= 0.3 is 0 Å². The number of rotatable bonds is 6. The predicted molar refractivity (Wildman–Crippen MR) is 161 cm³/mol. The summed E-state index contributed by atoms with van der Waals surface area (Å²) in [7, 11) is 2.17. The molecule has 0 spiro atoms. The summed E-state index contributed by atoms with van der Waals surface area (Å²) in [5.74, 6) is 0.769. The number of benzene rings is 3. The molecule has 0 saturated carbocycles. The van der Waals surface area contributed by atoms with E-state index in [1.165, 1.54) is 61.7 Å². The van der Waals surface area contributed by atoms with Gasteiger partial charge in [0, 0.05) is 17.3 Å². The first-order chi connectivity index (χ1) is 18.3. The number of aromatic nitrogens is 2. The van der Waals surface area contributed by atoms with E-state index in [1.54, 1.807) is 0 Å². The minimum Gasteiger partial charge on any atom is -0.308 e. The summed E-state index contributed by atoms with van der Waals surface area (Å²) in [6.45, 7) is 13.8. The maximum Gasteiger partial charge on any atom is 0.229 e. The van der Waals surface area contributed by atoms with E-state index >= 15 is 0 Å². The number of hydrogen-bond acceptors (Lipinski definition) is 0. The van der Waals surface area contributed by atoms with E-state index in [-0.39, 0.29) is 0 Å². The fourth-order valence-electron chi connectivity index (χ4n) is 5.67. The molecule has 192 valence electrons. The molecule has 0 radical (unpaired) electrons. The van der Waals surface area contributed by atoms with Crippen molar-refractivity contribution >= 4 is 0 Å². The Kier molecular flexibility index (Phi) is 7.08. The van der Waals surface area contributed by atoms with Crippen molar-refractivity contribution in [2.24, 2.45) is 7.05 Å². The van der Waals surface area contributed by atoms with Crippen LogP contribution in [0.25, 0.3) is 39.3 Å². The van der Waals surface area contributed by atoms with Gasteiger partial charge in [0.2, 0.25) is 5.69 Å². The third-order valence-electron chi connectivity index (χ3n) is 7.60. The number of nitrogens with zero attached hydrogens (tertiary/aromatic N) is 2. The minimum atomic E-state index is 0.385. The van der Waals surface area contributed by atoms with Gasteiger partial charge < -0.3 is 4.57 Å². The van der Waals surface area contributed by atoms with E-state index in [0.29, 0.717) is 11.8 Å². The highest BCUT2D eigenvalue weighted by Crippen LogP contribution is 2.40. The van der Waals surface area contributed by atoms with Crippen LogP contribution >= 0.6 is 0 Å². The quantitative estimate of drug-likeness (QED) is 0.206. The summed E-state index contributed by atoms with van der Waals surface area (Å²) >= 11 is 0. The van der Waals surface area contributed by atoms with Crippen molar-refractivity contribution in [2.75, 3.05) is 0 Å². The fourth-order valence-corrected chi connectivity index (χ4v) is 5.67. The van der Waals surface area contributed by atoms with Crippen LogP contribution in [0.15, 0.2) is 97.2 Å². The van der Waals surface area contributed by atoms with E-state index in [1.807, 2.05) is 0 Å². The van der Waals surface area contributed by atoms with Crippen LogP contribution in [0.1, 0.15) is 61.9 Å². The van der Waals surface area contributed by atoms with Crippen LogP contribution in [-0.2, 0) is 7.05 Å². The molecule has 0 saturated heterocycles. The Labute approximate surface area is 228 Å². The molecule has 0 bridgehead atoms. The molecule has 0 aliphatic carbocycles. The van der Waals surface area contributed by atoms with Crippen molar-refractivity contribution in [3.8, 4) is 39.3 Å². The zero-order valence-electron chi connectivity index (χ0n) is 23.8. The standard InChI is InChI=1S/C36H39N2/c1-24(2)32-21-31(29-16-12-9-13-17-29)22-33(25(3)4)36(32)38-27(6)20-26(5)35(38)34-19-18-30(23-37(34)7)28-14-10-8-11-15-28/h8-25H,1-7H3/q+1. The lowest BCUT2D eigenvalue weighted by molar-refractivity contribution is -0.660. The normalized spacial score (nSPS) is 11.5. The Morgan fingerprint density at radius 1 is 0.605 bits per heavy atom. The third kappa shape index (κ3) is 4.72. The van der Waals surface area contributed by atoms with Crippen LogP contribution in [0, 0.1) is 13.8 Å². The lowest BCUT2D eigenvalue weighted by Crippen LogP contribution is -2.31. The molecule has 0 atom stereocenters. The summed E-state index contributed by atoms with van der Waals surface area (Å²) in [6, 6.07) is 33.1. The second-order valence-corrected chi connectivity index (χ2v) is 11.1. The largest absolute Gasteiger partial charge is 0.308 e. The van der Waals surface area contributed by atoms with Gasteiger partial charge in [0.05, 0.1) is 5.69 Å². The van der Waals surface area contributed by atoms with Crippen LogP contribution in [0.5, 0.6) is 0 Å². The molecule has 0 unspecified atom stereocenters. The molecule has 0 amide bonds. The number of hydrogen-bond donors (Lipinski definition) is 0. The molecule has 5 rings (SSSR count). The third-order valence-corrected chi connectivity index (χ3v) is 7.60. The minimum absolute atomic E-state index is 0.385. The lowest BCUT2D eigenvalue weighted by Gasteiger charge is -2.25. The van der Waals surface area contributed by atoms with Gasteiger partial charge in [0.25, 0.3) is 0 Å². The predicted octanol–water partition coefficient (Wildman–Crippen LogP) is 9.17. The van der Waals surface area contributed by atoms with Gasteiger partial charge in [-0.2, -0.15) is 4.57 Å². The summed E-state index contributed by atoms with van der Waals surface area (Å²) in [5, 5.41) is 0. The molecule has 2 heterocycles. The zero-order chi connectivity index (χ0) is 27.0. The molecular weight excluding hydrogens is 460 g/mol. The highest BCUT2D eigenvalue weighted by molar-refractivity contribution is 5.73. The smallest absolute Gasteiger partial charge is 0.229 e. The number of pyridine rings is 1. The van der Waals surface area contributed by atoms with Gasteiger partial charge in [0.15, 0.2) is 6.20 Å². The highest BCUT2D eigenvalue weighted by atomic mass is 15.0. The average Bonchev–Trinajstić information content (AvgIpc) is 3.21. The van der Waals surface area contributed by atoms with Crippen LogP contribution in [0.2, 0.25) is 0 Å².